The highest BCUT2D eigenvalue weighted by molar-refractivity contribution is 6.30. The summed E-state index contributed by atoms with van der Waals surface area (Å²) >= 11 is 6.07. The largest absolute Gasteiger partial charge is 0.370 e. The minimum atomic E-state index is 0.303. The maximum absolute atomic E-state index is 6.07. The summed E-state index contributed by atoms with van der Waals surface area (Å²) in [5.74, 6) is 3.77. The summed E-state index contributed by atoms with van der Waals surface area (Å²) in [5, 5.41) is 3.82. The molecule has 0 amide bonds. The number of terminal acetylenes is 1. The first kappa shape index (κ1) is 13.8. The maximum Gasteiger partial charge on any atom is 0.138 e. The van der Waals surface area contributed by atoms with Crippen LogP contribution in [-0.2, 0) is 0 Å². The Morgan fingerprint density at radius 1 is 1.41 bits per heavy atom. The van der Waals surface area contributed by atoms with Gasteiger partial charge in [-0.1, -0.05) is 25.4 Å². The molecule has 0 saturated heterocycles. The van der Waals surface area contributed by atoms with E-state index in [0.717, 1.165) is 37.2 Å². The maximum atomic E-state index is 6.07. The number of hydrogen-bond donors (Lipinski definition) is 1. The number of rotatable bonds is 6. The van der Waals surface area contributed by atoms with Gasteiger partial charge in [0.2, 0.25) is 0 Å². The average molecular weight is 252 g/mol. The third kappa shape index (κ3) is 4.24. The van der Waals surface area contributed by atoms with E-state index in [1.165, 1.54) is 6.33 Å². The Labute approximate surface area is 108 Å². The predicted molar refractivity (Wildman–Crippen MR) is 72.3 cm³/mol. The van der Waals surface area contributed by atoms with E-state index in [4.69, 9.17) is 18.0 Å². The minimum absolute atomic E-state index is 0.303. The fraction of sp³-hybridized carbons (Fsp3) is 0.538. The van der Waals surface area contributed by atoms with Gasteiger partial charge in [-0.3, -0.25) is 0 Å². The van der Waals surface area contributed by atoms with E-state index >= 15 is 0 Å². The van der Waals surface area contributed by atoms with Crippen molar-refractivity contribution in [2.45, 2.75) is 39.0 Å². The Kier molecular flexibility index (Phi) is 5.79. The highest BCUT2D eigenvalue weighted by atomic mass is 35.5. The van der Waals surface area contributed by atoms with Crippen molar-refractivity contribution in [2.24, 2.45) is 0 Å². The van der Waals surface area contributed by atoms with Crippen LogP contribution in [-0.4, -0.2) is 16.5 Å². The van der Waals surface area contributed by atoms with Crippen LogP contribution in [0.4, 0.5) is 5.82 Å². The van der Waals surface area contributed by atoms with Crippen LogP contribution in [0, 0.1) is 12.3 Å². The molecule has 1 aromatic rings. The lowest BCUT2D eigenvalue weighted by atomic mass is 10.1. The normalized spacial score (nSPS) is 10.3. The van der Waals surface area contributed by atoms with E-state index in [-0.39, 0.29) is 0 Å². The van der Waals surface area contributed by atoms with Gasteiger partial charge in [0.05, 0.1) is 0 Å². The van der Waals surface area contributed by atoms with Gasteiger partial charge in [-0.2, -0.15) is 0 Å². The van der Waals surface area contributed by atoms with Crippen LogP contribution in [0.2, 0.25) is 5.15 Å². The Hall–Kier alpha value is -1.27. The molecule has 92 valence electrons. The highest BCUT2D eigenvalue weighted by Gasteiger charge is 2.12. The molecule has 0 fully saturated rings. The molecule has 0 unspecified atom stereocenters. The summed E-state index contributed by atoms with van der Waals surface area (Å²) in [6.45, 7) is 5.01. The van der Waals surface area contributed by atoms with E-state index in [2.05, 4.69) is 35.1 Å². The van der Waals surface area contributed by atoms with Crippen molar-refractivity contribution in [1.29, 1.82) is 0 Å². The van der Waals surface area contributed by atoms with Crippen molar-refractivity contribution in [2.75, 3.05) is 11.9 Å². The summed E-state index contributed by atoms with van der Waals surface area (Å²) < 4.78 is 0. The molecule has 0 saturated carbocycles. The van der Waals surface area contributed by atoms with E-state index in [1.807, 2.05) is 0 Å². The summed E-state index contributed by atoms with van der Waals surface area (Å²) in [6, 6.07) is 0. The first-order valence-corrected chi connectivity index (χ1v) is 6.22. The zero-order valence-electron chi connectivity index (χ0n) is 10.3. The molecule has 17 heavy (non-hydrogen) atoms. The number of anilines is 1. The van der Waals surface area contributed by atoms with Crippen molar-refractivity contribution in [1.82, 2.24) is 9.97 Å². The van der Waals surface area contributed by atoms with Crippen molar-refractivity contribution < 1.29 is 0 Å². The van der Waals surface area contributed by atoms with Crippen LogP contribution in [0.1, 0.15) is 44.6 Å². The van der Waals surface area contributed by atoms with Crippen LogP contribution in [0.25, 0.3) is 0 Å². The quantitative estimate of drug-likeness (QED) is 0.478. The number of aromatic nitrogens is 2. The fourth-order valence-electron chi connectivity index (χ4n) is 1.59. The molecule has 0 bridgehead atoms. The molecule has 1 N–H and O–H groups in total. The third-order valence-electron chi connectivity index (χ3n) is 2.45. The van der Waals surface area contributed by atoms with Crippen molar-refractivity contribution in [3.05, 3.63) is 17.0 Å². The summed E-state index contributed by atoms with van der Waals surface area (Å²) in [7, 11) is 0. The van der Waals surface area contributed by atoms with E-state index in [9.17, 15) is 0 Å². The second-order valence-corrected chi connectivity index (χ2v) is 4.53. The van der Waals surface area contributed by atoms with Gasteiger partial charge >= 0.3 is 0 Å². The SMILES string of the molecule is C#CCCCCNc1ncnc(Cl)c1C(C)C. The molecule has 4 heteroatoms. The molecular formula is C13H18ClN3. The fourth-order valence-corrected chi connectivity index (χ4v) is 1.94. The van der Waals surface area contributed by atoms with Gasteiger partial charge in [-0.25, -0.2) is 9.97 Å². The lowest BCUT2D eigenvalue weighted by molar-refractivity contribution is 0.780. The Morgan fingerprint density at radius 2 is 2.18 bits per heavy atom. The molecule has 0 aliphatic carbocycles. The van der Waals surface area contributed by atoms with E-state index in [1.54, 1.807) is 0 Å². The summed E-state index contributed by atoms with van der Waals surface area (Å²) in [4.78, 5) is 8.24. The number of unbranched alkanes of at least 4 members (excludes halogenated alkanes) is 2. The van der Waals surface area contributed by atoms with Crippen LogP contribution < -0.4 is 5.32 Å². The number of nitrogens with one attached hydrogen (secondary N) is 1. The summed E-state index contributed by atoms with van der Waals surface area (Å²) in [5.41, 5.74) is 0.978. The van der Waals surface area contributed by atoms with Crippen LogP contribution in [0.15, 0.2) is 6.33 Å². The molecule has 0 spiro atoms. The number of hydrogen-bond acceptors (Lipinski definition) is 3. The molecule has 0 atom stereocenters. The molecule has 1 heterocycles. The third-order valence-corrected chi connectivity index (χ3v) is 2.75. The van der Waals surface area contributed by atoms with Gasteiger partial charge in [0.15, 0.2) is 0 Å². The van der Waals surface area contributed by atoms with Crippen molar-refractivity contribution in [3.8, 4) is 12.3 Å². The Balaban J connectivity index is 2.59. The van der Waals surface area contributed by atoms with E-state index < -0.39 is 0 Å². The molecule has 1 rings (SSSR count). The predicted octanol–water partition coefficient (Wildman–Crippen LogP) is 3.47. The monoisotopic (exact) mass is 251 g/mol. The second kappa shape index (κ2) is 7.13. The number of nitrogens with zero attached hydrogens (tertiary/aromatic N) is 2. The van der Waals surface area contributed by atoms with Gasteiger partial charge in [0, 0.05) is 18.5 Å². The van der Waals surface area contributed by atoms with Gasteiger partial charge in [0.1, 0.15) is 17.3 Å². The lowest BCUT2D eigenvalue weighted by Crippen LogP contribution is -2.08. The molecule has 0 radical (unpaired) electrons. The molecule has 0 aliphatic heterocycles. The molecule has 0 aromatic carbocycles. The van der Waals surface area contributed by atoms with Gasteiger partial charge in [-0.15, -0.1) is 12.3 Å². The number of halogens is 1. The van der Waals surface area contributed by atoms with Crippen molar-refractivity contribution in [3.63, 3.8) is 0 Å². The summed E-state index contributed by atoms with van der Waals surface area (Å²) in [6.07, 6.45) is 9.56. The first-order valence-electron chi connectivity index (χ1n) is 5.84. The smallest absolute Gasteiger partial charge is 0.138 e. The standard InChI is InChI=1S/C13H18ClN3/c1-4-5-6-7-8-15-13-11(10(2)3)12(14)16-9-17-13/h1,9-10H,5-8H2,2-3H3,(H,15,16,17). The minimum Gasteiger partial charge on any atom is -0.370 e. The van der Waals surface area contributed by atoms with Crippen molar-refractivity contribution >= 4 is 17.4 Å². The second-order valence-electron chi connectivity index (χ2n) is 4.17. The van der Waals surface area contributed by atoms with Gasteiger partial charge < -0.3 is 5.32 Å². The van der Waals surface area contributed by atoms with Crippen LogP contribution >= 0.6 is 11.6 Å². The van der Waals surface area contributed by atoms with Crippen LogP contribution in [0.5, 0.6) is 0 Å². The zero-order valence-corrected chi connectivity index (χ0v) is 11.1. The topological polar surface area (TPSA) is 37.8 Å². The molecular weight excluding hydrogens is 234 g/mol. The average Bonchev–Trinajstić information content (AvgIpc) is 2.28. The Bertz CT molecular complexity index is 396. The van der Waals surface area contributed by atoms with E-state index in [0.29, 0.717) is 11.1 Å². The highest BCUT2D eigenvalue weighted by Crippen LogP contribution is 2.27. The molecule has 0 aliphatic rings. The first-order chi connectivity index (χ1) is 8.16. The lowest BCUT2D eigenvalue weighted by Gasteiger charge is -2.13. The van der Waals surface area contributed by atoms with Crippen LogP contribution in [0.3, 0.4) is 0 Å². The molecule has 1 aromatic heterocycles. The molecule has 3 nitrogen and oxygen atoms in total. The zero-order chi connectivity index (χ0) is 12.7. The van der Waals surface area contributed by atoms with Gasteiger partial charge in [-0.05, 0) is 18.8 Å². The Morgan fingerprint density at radius 3 is 2.82 bits per heavy atom. The van der Waals surface area contributed by atoms with Gasteiger partial charge in [0.25, 0.3) is 0 Å².